The lowest BCUT2D eigenvalue weighted by Gasteiger charge is -2.08. The summed E-state index contributed by atoms with van der Waals surface area (Å²) < 4.78 is 5.22. The highest BCUT2D eigenvalue weighted by molar-refractivity contribution is 6.33. The van der Waals surface area contributed by atoms with Gasteiger partial charge in [0.25, 0.3) is 0 Å². The summed E-state index contributed by atoms with van der Waals surface area (Å²) in [5, 5.41) is 0.584. The van der Waals surface area contributed by atoms with Crippen molar-refractivity contribution in [1.29, 1.82) is 0 Å². The largest absolute Gasteiger partial charge is 0.496 e. The molecule has 0 spiro atoms. The molecular weight excluding hydrogens is 212 g/mol. The Hall–Kier alpha value is -1.61. The molecule has 1 aromatic heterocycles. The van der Waals surface area contributed by atoms with Gasteiger partial charge < -0.3 is 4.74 Å². The Kier molecular flexibility index (Phi) is 2.83. The third kappa shape index (κ3) is 1.92. The molecule has 0 saturated heterocycles. The monoisotopic (exact) mass is 220 g/mol. The van der Waals surface area contributed by atoms with E-state index in [0.717, 1.165) is 5.56 Å². The zero-order chi connectivity index (χ0) is 10.7. The highest BCUT2D eigenvalue weighted by Crippen LogP contribution is 2.33. The fourth-order valence-electron chi connectivity index (χ4n) is 1.32. The number of methoxy groups -OCH3 is 1. The molecule has 0 aliphatic rings. The van der Waals surface area contributed by atoms with Gasteiger partial charge in [-0.3, -0.25) is 0 Å². The number of nitrogens with zero attached hydrogens (tertiary/aromatic N) is 2. The Morgan fingerprint density at radius 2 is 1.87 bits per heavy atom. The van der Waals surface area contributed by atoms with Crippen LogP contribution < -0.4 is 4.74 Å². The minimum Gasteiger partial charge on any atom is -0.496 e. The van der Waals surface area contributed by atoms with E-state index in [2.05, 4.69) is 9.97 Å². The van der Waals surface area contributed by atoms with E-state index in [4.69, 9.17) is 16.3 Å². The van der Waals surface area contributed by atoms with E-state index in [0.29, 0.717) is 16.6 Å². The Morgan fingerprint density at radius 1 is 1.13 bits per heavy atom. The molecule has 3 nitrogen and oxygen atoms in total. The third-order valence-corrected chi connectivity index (χ3v) is 2.30. The summed E-state index contributed by atoms with van der Waals surface area (Å²) in [6.45, 7) is 0. The number of hydrogen-bond donors (Lipinski definition) is 0. The summed E-state index contributed by atoms with van der Waals surface area (Å²) in [6, 6.07) is 7.20. The summed E-state index contributed by atoms with van der Waals surface area (Å²) in [6.07, 6.45) is 3.34. The van der Waals surface area contributed by atoms with E-state index in [1.165, 1.54) is 0 Å². The predicted octanol–water partition coefficient (Wildman–Crippen LogP) is 2.81. The van der Waals surface area contributed by atoms with Crippen LogP contribution in [0, 0.1) is 0 Å². The van der Waals surface area contributed by atoms with Gasteiger partial charge in [-0.1, -0.05) is 17.7 Å². The fourth-order valence-corrected chi connectivity index (χ4v) is 1.57. The van der Waals surface area contributed by atoms with Crippen LogP contribution in [-0.4, -0.2) is 17.1 Å². The molecule has 0 atom stereocenters. The second-order valence-corrected chi connectivity index (χ2v) is 3.30. The zero-order valence-electron chi connectivity index (χ0n) is 8.14. The Bertz CT molecular complexity index is 459. The predicted molar refractivity (Wildman–Crippen MR) is 59.0 cm³/mol. The first-order chi connectivity index (χ1) is 7.33. The summed E-state index contributed by atoms with van der Waals surface area (Å²) in [7, 11) is 1.60. The summed E-state index contributed by atoms with van der Waals surface area (Å²) >= 11 is 6.08. The third-order valence-electron chi connectivity index (χ3n) is 1.98. The molecule has 0 amide bonds. The van der Waals surface area contributed by atoms with Gasteiger partial charge in [0.2, 0.25) is 0 Å². The number of hydrogen-bond acceptors (Lipinski definition) is 3. The molecule has 0 unspecified atom stereocenters. The van der Waals surface area contributed by atoms with Crippen molar-refractivity contribution in [1.82, 2.24) is 9.97 Å². The van der Waals surface area contributed by atoms with Gasteiger partial charge in [-0.05, 0) is 18.2 Å². The van der Waals surface area contributed by atoms with E-state index in [1.54, 1.807) is 31.6 Å². The molecule has 15 heavy (non-hydrogen) atoms. The first kappa shape index (κ1) is 9.93. The molecule has 0 N–H and O–H groups in total. The lowest BCUT2D eigenvalue weighted by molar-refractivity contribution is 0.416. The average molecular weight is 221 g/mol. The van der Waals surface area contributed by atoms with Crippen LogP contribution in [0.2, 0.25) is 5.02 Å². The van der Waals surface area contributed by atoms with E-state index in [-0.39, 0.29) is 0 Å². The molecule has 0 saturated carbocycles. The maximum atomic E-state index is 6.08. The van der Waals surface area contributed by atoms with E-state index in [9.17, 15) is 0 Å². The van der Waals surface area contributed by atoms with Gasteiger partial charge in [-0.2, -0.15) is 0 Å². The molecule has 0 radical (unpaired) electrons. The minimum atomic E-state index is 0.569. The van der Waals surface area contributed by atoms with Crippen LogP contribution in [0.25, 0.3) is 11.4 Å². The van der Waals surface area contributed by atoms with Crippen LogP contribution in [0.15, 0.2) is 36.7 Å². The molecule has 2 aromatic rings. The first-order valence-electron chi connectivity index (χ1n) is 4.43. The molecule has 4 heteroatoms. The van der Waals surface area contributed by atoms with Crippen molar-refractivity contribution >= 4 is 11.6 Å². The van der Waals surface area contributed by atoms with Crippen LogP contribution in [0.3, 0.4) is 0 Å². The van der Waals surface area contributed by atoms with Crippen molar-refractivity contribution in [2.75, 3.05) is 7.11 Å². The Morgan fingerprint density at radius 3 is 2.53 bits per heavy atom. The summed E-state index contributed by atoms with van der Waals surface area (Å²) in [4.78, 5) is 8.29. The minimum absolute atomic E-state index is 0.569. The van der Waals surface area contributed by atoms with Crippen LogP contribution in [0.4, 0.5) is 0 Å². The molecule has 0 bridgehead atoms. The topological polar surface area (TPSA) is 35.0 Å². The van der Waals surface area contributed by atoms with Gasteiger partial charge in [-0.25, -0.2) is 9.97 Å². The second kappa shape index (κ2) is 4.28. The Balaban J connectivity index is 2.61. The average Bonchev–Trinajstić information content (AvgIpc) is 2.29. The molecule has 76 valence electrons. The normalized spacial score (nSPS) is 10.0. The fraction of sp³-hybridized carbons (Fsp3) is 0.0909. The van der Waals surface area contributed by atoms with Gasteiger partial charge in [0, 0.05) is 12.4 Å². The van der Waals surface area contributed by atoms with Gasteiger partial charge in [0.05, 0.1) is 17.7 Å². The van der Waals surface area contributed by atoms with Gasteiger partial charge in [-0.15, -0.1) is 0 Å². The Labute approximate surface area is 92.7 Å². The molecule has 0 fully saturated rings. The molecule has 1 aromatic carbocycles. The van der Waals surface area contributed by atoms with Crippen molar-refractivity contribution in [3.8, 4) is 17.1 Å². The van der Waals surface area contributed by atoms with Gasteiger partial charge >= 0.3 is 0 Å². The highest BCUT2D eigenvalue weighted by atomic mass is 35.5. The summed E-state index contributed by atoms with van der Waals surface area (Å²) in [5.74, 6) is 1.24. The van der Waals surface area contributed by atoms with Crippen LogP contribution >= 0.6 is 11.6 Å². The van der Waals surface area contributed by atoms with Gasteiger partial charge in [0.1, 0.15) is 5.75 Å². The quantitative estimate of drug-likeness (QED) is 0.781. The SMILES string of the molecule is COc1cccc(Cl)c1-c1ncccn1. The van der Waals surface area contributed by atoms with Crippen molar-refractivity contribution in [2.45, 2.75) is 0 Å². The molecule has 2 rings (SSSR count). The van der Waals surface area contributed by atoms with Crippen LogP contribution in [0.1, 0.15) is 0 Å². The number of halogens is 1. The maximum absolute atomic E-state index is 6.08. The van der Waals surface area contributed by atoms with Crippen LogP contribution in [-0.2, 0) is 0 Å². The number of ether oxygens (including phenoxy) is 1. The van der Waals surface area contributed by atoms with Crippen molar-refractivity contribution < 1.29 is 4.74 Å². The van der Waals surface area contributed by atoms with Crippen molar-refractivity contribution in [3.05, 3.63) is 41.7 Å². The zero-order valence-corrected chi connectivity index (χ0v) is 8.90. The number of aromatic nitrogens is 2. The lowest BCUT2D eigenvalue weighted by Crippen LogP contribution is -1.92. The van der Waals surface area contributed by atoms with E-state index in [1.807, 2.05) is 12.1 Å². The van der Waals surface area contributed by atoms with Gasteiger partial charge in [0.15, 0.2) is 5.82 Å². The highest BCUT2D eigenvalue weighted by Gasteiger charge is 2.11. The lowest BCUT2D eigenvalue weighted by atomic mass is 10.2. The van der Waals surface area contributed by atoms with E-state index < -0.39 is 0 Å². The summed E-state index contributed by atoms with van der Waals surface area (Å²) in [5.41, 5.74) is 0.724. The number of rotatable bonds is 2. The van der Waals surface area contributed by atoms with Crippen molar-refractivity contribution in [3.63, 3.8) is 0 Å². The molecule has 0 aliphatic heterocycles. The van der Waals surface area contributed by atoms with Crippen molar-refractivity contribution in [2.24, 2.45) is 0 Å². The van der Waals surface area contributed by atoms with E-state index >= 15 is 0 Å². The molecule has 1 heterocycles. The molecular formula is C11H9ClN2O. The number of benzene rings is 1. The van der Waals surface area contributed by atoms with Crippen LogP contribution in [0.5, 0.6) is 5.75 Å². The smallest absolute Gasteiger partial charge is 0.164 e. The molecule has 0 aliphatic carbocycles. The second-order valence-electron chi connectivity index (χ2n) is 2.89. The maximum Gasteiger partial charge on any atom is 0.164 e. The first-order valence-corrected chi connectivity index (χ1v) is 4.80. The standard InChI is InChI=1S/C11H9ClN2O/c1-15-9-5-2-4-8(12)10(9)11-13-6-3-7-14-11/h2-7H,1H3.